The Hall–Kier alpha value is -1.13. The summed E-state index contributed by atoms with van der Waals surface area (Å²) in [5, 5.41) is 1.32. The van der Waals surface area contributed by atoms with E-state index >= 15 is 0 Å². The van der Waals surface area contributed by atoms with Gasteiger partial charge in [0.15, 0.2) is 0 Å². The Kier molecular flexibility index (Phi) is 6.74. The molecule has 4 aromatic carbocycles. The third kappa shape index (κ3) is 3.58. The van der Waals surface area contributed by atoms with E-state index in [9.17, 15) is 0 Å². The van der Waals surface area contributed by atoms with Crippen LogP contribution in [0.15, 0.2) is 91.0 Å². The van der Waals surface area contributed by atoms with Crippen LogP contribution in [0.2, 0.25) is 25.1 Å². The summed E-state index contributed by atoms with van der Waals surface area (Å²) >= 11 is 29.5. The van der Waals surface area contributed by atoms with E-state index < -0.39 is 13.3 Å². The Labute approximate surface area is 203 Å². The van der Waals surface area contributed by atoms with Crippen LogP contribution in [0.1, 0.15) is 0 Å². The summed E-state index contributed by atoms with van der Waals surface area (Å²) in [4.78, 5) is 0. The molecule has 0 aliphatic rings. The van der Waals surface area contributed by atoms with Crippen LogP contribution in [0.4, 0.5) is 0 Å². The minimum absolute atomic E-state index is 0.169. The molecule has 0 fully saturated rings. The van der Waals surface area contributed by atoms with Gasteiger partial charge in [-0.1, -0.05) is 0 Å². The molecule has 0 N–H and O–H groups in total. The van der Waals surface area contributed by atoms with Crippen LogP contribution in [-0.2, 0) is 0 Å². The van der Waals surface area contributed by atoms with Gasteiger partial charge in [0.25, 0.3) is 0 Å². The zero-order valence-corrected chi connectivity index (χ0v) is 21.4. The van der Waals surface area contributed by atoms with E-state index in [1.807, 2.05) is 54.6 Å². The third-order valence-electron chi connectivity index (χ3n) is 5.21. The molecule has 0 heterocycles. The summed E-state index contributed by atoms with van der Waals surface area (Å²) in [5.41, 5.74) is 0. The second kappa shape index (κ2) is 9.16. The fraction of sp³-hybridized carbons (Fsp3) is 0. The second-order valence-corrected chi connectivity index (χ2v) is 16.5. The Balaban J connectivity index is 2.27. The summed E-state index contributed by atoms with van der Waals surface area (Å²) in [6, 6.07) is 30.9. The Morgan fingerprint density at radius 2 is 0.633 bits per heavy atom. The first kappa shape index (κ1) is 22.1. The summed E-state index contributed by atoms with van der Waals surface area (Å²) < 4.78 is 4.26. The standard InChI is InChI=1S/C24H15Cl5Ge/c25-19-20(26)22(28)24(23(29)21(19)27)30(16-10-4-1-5-11-16,17-12-6-2-7-13-17)18-14-8-3-9-15-18/h1-15H. The van der Waals surface area contributed by atoms with Crippen LogP contribution in [0, 0.1) is 0 Å². The van der Waals surface area contributed by atoms with Crippen LogP contribution in [-0.4, -0.2) is 13.3 Å². The molecule has 6 heteroatoms. The van der Waals surface area contributed by atoms with Crippen molar-refractivity contribution in [2.45, 2.75) is 0 Å². The average Bonchev–Trinajstić information content (AvgIpc) is 2.81. The molecule has 30 heavy (non-hydrogen) atoms. The fourth-order valence-corrected chi connectivity index (χ4v) is 17.1. The molecule has 0 spiro atoms. The molecule has 4 rings (SSSR count). The van der Waals surface area contributed by atoms with Crippen molar-refractivity contribution in [2.75, 3.05) is 0 Å². The minimum atomic E-state index is -3.70. The van der Waals surface area contributed by atoms with E-state index in [0.29, 0.717) is 10.0 Å². The van der Waals surface area contributed by atoms with Gasteiger partial charge < -0.3 is 0 Å². The molecule has 0 unspecified atom stereocenters. The van der Waals surface area contributed by atoms with Crippen molar-refractivity contribution in [2.24, 2.45) is 0 Å². The van der Waals surface area contributed by atoms with Gasteiger partial charge in [-0.3, -0.25) is 0 Å². The third-order valence-corrected chi connectivity index (χ3v) is 18.3. The van der Waals surface area contributed by atoms with Crippen LogP contribution in [0.25, 0.3) is 0 Å². The molecule has 0 radical (unpaired) electrons. The zero-order valence-electron chi connectivity index (χ0n) is 15.6. The van der Waals surface area contributed by atoms with E-state index in [2.05, 4.69) is 36.4 Å². The van der Waals surface area contributed by atoms with Gasteiger partial charge in [-0.05, 0) is 0 Å². The summed E-state index contributed by atoms with van der Waals surface area (Å²) in [7, 11) is 0. The molecule has 0 saturated heterocycles. The predicted octanol–water partition coefficient (Wildman–Crippen LogP) is 6.33. The maximum atomic E-state index is 6.90. The number of hydrogen-bond acceptors (Lipinski definition) is 0. The van der Waals surface area contributed by atoms with Gasteiger partial charge in [0.05, 0.1) is 0 Å². The summed E-state index contributed by atoms with van der Waals surface area (Å²) in [5.74, 6) is 0. The Morgan fingerprint density at radius 3 is 0.933 bits per heavy atom. The van der Waals surface area contributed by atoms with Gasteiger partial charge >= 0.3 is 205 Å². The first-order valence-corrected chi connectivity index (χ1v) is 15.3. The fourth-order valence-electron chi connectivity index (χ4n) is 3.93. The van der Waals surface area contributed by atoms with E-state index in [1.54, 1.807) is 0 Å². The molecular formula is C24H15Cl5Ge. The first-order chi connectivity index (χ1) is 14.5. The van der Waals surface area contributed by atoms with E-state index in [0.717, 1.165) is 17.6 Å². The topological polar surface area (TPSA) is 0 Å². The number of hydrogen-bond donors (Lipinski definition) is 0. The number of benzene rings is 4. The van der Waals surface area contributed by atoms with E-state index in [1.165, 1.54) is 0 Å². The van der Waals surface area contributed by atoms with Crippen molar-refractivity contribution in [3.8, 4) is 0 Å². The quantitative estimate of drug-likeness (QED) is 0.158. The van der Waals surface area contributed by atoms with Crippen LogP contribution in [0.3, 0.4) is 0 Å². The first-order valence-electron chi connectivity index (χ1n) is 9.18. The normalized spacial score (nSPS) is 11.5. The van der Waals surface area contributed by atoms with Gasteiger partial charge in [0.2, 0.25) is 0 Å². The molecule has 4 aromatic rings. The van der Waals surface area contributed by atoms with Gasteiger partial charge in [0, 0.05) is 0 Å². The van der Waals surface area contributed by atoms with E-state index in [-0.39, 0.29) is 15.1 Å². The molecule has 0 aliphatic carbocycles. The van der Waals surface area contributed by atoms with Crippen molar-refractivity contribution < 1.29 is 0 Å². The Morgan fingerprint density at radius 1 is 0.367 bits per heavy atom. The summed E-state index contributed by atoms with van der Waals surface area (Å²) in [6.07, 6.45) is 0. The molecular weight excluding hydrogens is 538 g/mol. The van der Waals surface area contributed by atoms with Gasteiger partial charge in [-0.2, -0.15) is 0 Å². The zero-order chi connectivity index (χ0) is 21.3. The molecule has 0 amide bonds. The molecule has 0 aromatic heterocycles. The van der Waals surface area contributed by atoms with Gasteiger partial charge in [-0.15, -0.1) is 0 Å². The van der Waals surface area contributed by atoms with Crippen molar-refractivity contribution in [1.29, 1.82) is 0 Å². The van der Waals surface area contributed by atoms with Gasteiger partial charge in [0.1, 0.15) is 0 Å². The SMILES string of the molecule is Clc1c(Cl)c(Cl)[c]([Ge]([c]2ccccc2)([c]2ccccc2)[c]2ccccc2)c(Cl)c1Cl. The predicted molar refractivity (Wildman–Crippen MR) is 135 cm³/mol. The van der Waals surface area contributed by atoms with Crippen molar-refractivity contribution in [3.63, 3.8) is 0 Å². The molecule has 0 nitrogen and oxygen atoms in total. The molecule has 0 bridgehead atoms. The Bertz CT molecular complexity index is 1050. The van der Waals surface area contributed by atoms with Crippen LogP contribution < -0.4 is 17.6 Å². The molecule has 0 atom stereocenters. The van der Waals surface area contributed by atoms with Crippen molar-refractivity contribution >= 4 is 88.9 Å². The number of halogens is 5. The van der Waals surface area contributed by atoms with Crippen LogP contribution >= 0.6 is 58.0 Å². The molecule has 0 aliphatic heterocycles. The second-order valence-electron chi connectivity index (χ2n) is 6.79. The molecule has 0 saturated carbocycles. The van der Waals surface area contributed by atoms with Crippen LogP contribution in [0.5, 0.6) is 0 Å². The van der Waals surface area contributed by atoms with Gasteiger partial charge in [-0.25, -0.2) is 0 Å². The van der Waals surface area contributed by atoms with E-state index in [4.69, 9.17) is 58.0 Å². The van der Waals surface area contributed by atoms with Crippen molar-refractivity contribution in [3.05, 3.63) is 116 Å². The monoisotopic (exact) mass is 552 g/mol. The average molecular weight is 553 g/mol. The molecule has 150 valence electrons. The number of rotatable bonds is 4. The maximum absolute atomic E-state index is 6.90. The van der Waals surface area contributed by atoms with Crippen molar-refractivity contribution in [1.82, 2.24) is 0 Å². The summed E-state index contributed by atoms with van der Waals surface area (Å²) in [6.45, 7) is 0.